The van der Waals surface area contributed by atoms with Gasteiger partial charge in [0.2, 0.25) is 0 Å². The lowest BCUT2D eigenvalue weighted by Crippen LogP contribution is -2.37. The third kappa shape index (κ3) is 2.13. The highest BCUT2D eigenvalue weighted by atomic mass is 16.2. The van der Waals surface area contributed by atoms with Crippen LogP contribution < -0.4 is 5.73 Å². The number of amides is 1. The predicted molar refractivity (Wildman–Crippen MR) is 75.0 cm³/mol. The molecule has 0 atom stereocenters. The van der Waals surface area contributed by atoms with Gasteiger partial charge in [-0.2, -0.15) is 5.10 Å². The van der Waals surface area contributed by atoms with E-state index < -0.39 is 0 Å². The van der Waals surface area contributed by atoms with E-state index in [1.807, 2.05) is 23.7 Å². The van der Waals surface area contributed by atoms with E-state index in [0.29, 0.717) is 24.3 Å². The number of nitrogens with zero attached hydrogens (tertiary/aromatic N) is 4. The van der Waals surface area contributed by atoms with Crippen LogP contribution in [0.15, 0.2) is 24.5 Å². The minimum atomic E-state index is 0.0178. The van der Waals surface area contributed by atoms with Crippen LogP contribution in [-0.4, -0.2) is 32.1 Å². The van der Waals surface area contributed by atoms with Crippen LogP contribution in [0, 0.1) is 0 Å². The van der Waals surface area contributed by atoms with Gasteiger partial charge >= 0.3 is 0 Å². The quantitative estimate of drug-likeness (QED) is 0.847. The lowest BCUT2D eigenvalue weighted by atomic mass is 9.98. The molecule has 1 aromatic heterocycles. The standard InChI is InChI=1S/C14H17N5O/c1-2-19-13(16-9-17-19)8-18-6-5-10-3-4-11(15)7-12(10)14(18)20/h3-4,7,9H,2,5-6,8,15H2,1H3. The predicted octanol–water partition coefficient (Wildman–Crippen LogP) is 1.08. The molecule has 0 aliphatic carbocycles. The normalized spacial score (nSPS) is 14.4. The molecule has 0 saturated heterocycles. The minimum Gasteiger partial charge on any atom is -0.399 e. The highest BCUT2D eigenvalue weighted by Crippen LogP contribution is 2.22. The maximum atomic E-state index is 12.5. The third-order valence-electron chi connectivity index (χ3n) is 3.63. The second kappa shape index (κ2) is 4.96. The molecular weight excluding hydrogens is 254 g/mol. The number of aryl methyl sites for hydroxylation is 1. The van der Waals surface area contributed by atoms with Gasteiger partial charge in [0.15, 0.2) is 0 Å². The van der Waals surface area contributed by atoms with E-state index in [0.717, 1.165) is 24.4 Å². The fourth-order valence-corrected chi connectivity index (χ4v) is 2.53. The summed E-state index contributed by atoms with van der Waals surface area (Å²) in [6.45, 7) is 3.94. The lowest BCUT2D eigenvalue weighted by Gasteiger charge is -2.28. The molecule has 0 radical (unpaired) electrons. The van der Waals surface area contributed by atoms with Crippen LogP contribution >= 0.6 is 0 Å². The Morgan fingerprint density at radius 2 is 2.25 bits per heavy atom. The zero-order chi connectivity index (χ0) is 14.1. The molecule has 0 fully saturated rings. The first-order valence-corrected chi connectivity index (χ1v) is 6.73. The molecule has 0 unspecified atom stereocenters. The van der Waals surface area contributed by atoms with Crippen molar-refractivity contribution in [2.24, 2.45) is 0 Å². The van der Waals surface area contributed by atoms with Crippen molar-refractivity contribution in [2.45, 2.75) is 26.4 Å². The van der Waals surface area contributed by atoms with Gasteiger partial charge in [-0.3, -0.25) is 4.79 Å². The van der Waals surface area contributed by atoms with Crippen LogP contribution in [0.25, 0.3) is 0 Å². The molecule has 2 aromatic rings. The largest absolute Gasteiger partial charge is 0.399 e. The topological polar surface area (TPSA) is 77.0 Å². The molecule has 0 saturated carbocycles. The maximum absolute atomic E-state index is 12.5. The molecule has 1 amide bonds. The van der Waals surface area contributed by atoms with Gasteiger partial charge in [0.05, 0.1) is 6.54 Å². The maximum Gasteiger partial charge on any atom is 0.254 e. The molecule has 3 rings (SSSR count). The summed E-state index contributed by atoms with van der Waals surface area (Å²) in [5.74, 6) is 0.831. The molecule has 2 N–H and O–H groups in total. The Kier molecular flexibility index (Phi) is 3.14. The monoisotopic (exact) mass is 271 g/mol. The van der Waals surface area contributed by atoms with Crippen LogP contribution in [0.1, 0.15) is 28.7 Å². The van der Waals surface area contributed by atoms with Crippen molar-refractivity contribution >= 4 is 11.6 Å². The van der Waals surface area contributed by atoms with Crippen LogP contribution in [0.2, 0.25) is 0 Å². The molecule has 0 spiro atoms. The average Bonchev–Trinajstić information content (AvgIpc) is 2.90. The minimum absolute atomic E-state index is 0.0178. The van der Waals surface area contributed by atoms with E-state index in [4.69, 9.17) is 5.73 Å². The molecule has 6 heteroatoms. The number of fused-ring (bicyclic) bond motifs is 1. The number of nitrogens with two attached hydrogens (primary N) is 1. The van der Waals surface area contributed by atoms with Crippen molar-refractivity contribution < 1.29 is 4.79 Å². The highest BCUT2D eigenvalue weighted by molar-refractivity contribution is 5.97. The van der Waals surface area contributed by atoms with E-state index in [2.05, 4.69) is 10.1 Å². The molecule has 1 aromatic carbocycles. The van der Waals surface area contributed by atoms with Crippen molar-refractivity contribution in [3.8, 4) is 0 Å². The molecular formula is C14H17N5O. The Morgan fingerprint density at radius 1 is 1.40 bits per heavy atom. The second-order valence-electron chi connectivity index (χ2n) is 4.89. The number of anilines is 1. The summed E-state index contributed by atoms with van der Waals surface area (Å²) in [6.07, 6.45) is 2.38. The van der Waals surface area contributed by atoms with Gasteiger partial charge in [-0.15, -0.1) is 0 Å². The zero-order valence-corrected chi connectivity index (χ0v) is 11.4. The highest BCUT2D eigenvalue weighted by Gasteiger charge is 2.25. The van der Waals surface area contributed by atoms with Crippen LogP contribution in [0.5, 0.6) is 0 Å². The van der Waals surface area contributed by atoms with Gasteiger partial charge in [-0.1, -0.05) is 6.07 Å². The van der Waals surface area contributed by atoms with Gasteiger partial charge in [0.25, 0.3) is 5.91 Å². The number of nitrogen functional groups attached to an aromatic ring is 1. The summed E-state index contributed by atoms with van der Waals surface area (Å²) in [6, 6.07) is 5.54. The van der Waals surface area contributed by atoms with E-state index in [1.165, 1.54) is 6.33 Å². The SMILES string of the molecule is CCn1ncnc1CN1CCc2ccc(N)cc2C1=O. The molecule has 20 heavy (non-hydrogen) atoms. The van der Waals surface area contributed by atoms with Crippen LogP contribution in [0.3, 0.4) is 0 Å². The van der Waals surface area contributed by atoms with Crippen molar-refractivity contribution in [1.29, 1.82) is 0 Å². The number of hydrogen-bond acceptors (Lipinski definition) is 4. The van der Waals surface area contributed by atoms with Gasteiger partial charge < -0.3 is 10.6 Å². The Morgan fingerprint density at radius 3 is 3.05 bits per heavy atom. The number of rotatable bonds is 3. The molecule has 1 aliphatic heterocycles. The lowest BCUT2D eigenvalue weighted by molar-refractivity contribution is 0.0720. The van der Waals surface area contributed by atoms with E-state index >= 15 is 0 Å². The summed E-state index contributed by atoms with van der Waals surface area (Å²) in [4.78, 5) is 18.5. The molecule has 104 valence electrons. The Hall–Kier alpha value is -2.37. The Balaban J connectivity index is 1.85. The third-order valence-corrected chi connectivity index (χ3v) is 3.63. The van der Waals surface area contributed by atoms with Gasteiger partial charge in [-0.05, 0) is 31.0 Å². The van der Waals surface area contributed by atoms with Gasteiger partial charge in [0, 0.05) is 24.3 Å². The van der Waals surface area contributed by atoms with Crippen molar-refractivity contribution in [3.05, 3.63) is 41.5 Å². The summed E-state index contributed by atoms with van der Waals surface area (Å²) < 4.78 is 1.81. The van der Waals surface area contributed by atoms with Crippen molar-refractivity contribution in [1.82, 2.24) is 19.7 Å². The fraction of sp³-hybridized carbons (Fsp3) is 0.357. The zero-order valence-electron chi connectivity index (χ0n) is 11.4. The second-order valence-corrected chi connectivity index (χ2v) is 4.89. The molecule has 2 heterocycles. The van der Waals surface area contributed by atoms with Gasteiger partial charge in [-0.25, -0.2) is 9.67 Å². The van der Waals surface area contributed by atoms with Gasteiger partial charge in [0.1, 0.15) is 12.2 Å². The number of hydrogen-bond donors (Lipinski definition) is 1. The van der Waals surface area contributed by atoms with E-state index in [1.54, 1.807) is 11.0 Å². The summed E-state index contributed by atoms with van der Waals surface area (Å²) >= 11 is 0. The average molecular weight is 271 g/mol. The Bertz CT molecular complexity index is 649. The molecule has 1 aliphatic rings. The van der Waals surface area contributed by atoms with Crippen molar-refractivity contribution in [2.75, 3.05) is 12.3 Å². The first-order valence-electron chi connectivity index (χ1n) is 6.73. The fourth-order valence-electron chi connectivity index (χ4n) is 2.53. The summed E-state index contributed by atoms with van der Waals surface area (Å²) in [7, 11) is 0. The van der Waals surface area contributed by atoms with E-state index in [-0.39, 0.29) is 5.91 Å². The number of benzene rings is 1. The Labute approximate surface area is 117 Å². The first-order chi connectivity index (χ1) is 9.69. The van der Waals surface area contributed by atoms with E-state index in [9.17, 15) is 4.79 Å². The number of carbonyl (C=O) groups excluding carboxylic acids is 1. The summed E-state index contributed by atoms with van der Waals surface area (Å²) in [5.41, 5.74) is 8.17. The summed E-state index contributed by atoms with van der Waals surface area (Å²) in [5, 5.41) is 4.13. The van der Waals surface area contributed by atoms with Crippen LogP contribution in [0.4, 0.5) is 5.69 Å². The first kappa shape index (κ1) is 12.7. The molecule has 0 bridgehead atoms. The smallest absolute Gasteiger partial charge is 0.254 e. The molecule has 6 nitrogen and oxygen atoms in total. The van der Waals surface area contributed by atoms with Crippen molar-refractivity contribution in [3.63, 3.8) is 0 Å². The number of aromatic nitrogens is 3. The van der Waals surface area contributed by atoms with Crippen LogP contribution in [-0.2, 0) is 19.5 Å². The number of carbonyl (C=O) groups is 1.